The van der Waals surface area contributed by atoms with Gasteiger partial charge in [-0.05, 0) is 74.6 Å². The zero-order valence-electron chi connectivity index (χ0n) is 14.9. The predicted molar refractivity (Wildman–Crippen MR) is 110 cm³/mol. The topological polar surface area (TPSA) is 45.1 Å². The summed E-state index contributed by atoms with van der Waals surface area (Å²) in [5.41, 5.74) is 5.98. The fraction of sp³-hybridized carbons (Fsp3) is 0.476. The number of aryl methyl sites for hydroxylation is 1. The lowest BCUT2D eigenvalue weighted by atomic mass is 9.86. The van der Waals surface area contributed by atoms with Crippen LogP contribution in [0.3, 0.4) is 0 Å². The maximum Gasteiger partial charge on any atom is 0.0726 e. The van der Waals surface area contributed by atoms with E-state index >= 15 is 0 Å². The number of aliphatic hydroxyl groups is 1. The van der Waals surface area contributed by atoms with E-state index in [0.29, 0.717) is 18.6 Å². The molecular formula is C21H26Cl2N2O. The van der Waals surface area contributed by atoms with Gasteiger partial charge in [0, 0.05) is 34.6 Å². The molecule has 0 aliphatic heterocycles. The van der Waals surface area contributed by atoms with Crippen LogP contribution in [0.4, 0.5) is 5.69 Å². The number of fused-ring (bicyclic) bond motifs is 1. The van der Waals surface area contributed by atoms with Gasteiger partial charge in [0.05, 0.1) is 5.69 Å². The van der Waals surface area contributed by atoms with E-state index in [9.17, 15) is 5.11 Å². The molecule has 5 heteroatoms. The highest BCUT2D eigenvalue weighted by Gasteiger charge is 2.24. The number of nitrogens with one attached hydrogen (secondary N) is 1. The second-order valence-corrected chi connectivity index (χ2v) is 7.83. The first kappa shape index (κ1) is 19.5. The molecule has 0 amide bonds. The van der Waals surface area contributed by atoms with Crippen LogP contribution in [-0.2, 0) is 12.8 Å². The highest BCUT2D eigenvalue weighted by molar-refractivity contribution is 6.30. The van der Waals surface area contributed by atoms with Crippen molar-refractivity contribution in [1.29, 1.82) is 0 Å². The van der Waals surface area contributed by atoms with E-state index in [1.165, 1.54) is 23.4 Å². The molecule has 0 spiro atoms. The van der Waals surface area contributed by atoms with Gasteiger partial charge in [-0.1, -0.05) is 23.7 Å². The van der Waals surface area contributed by atoms with E-state index in [2.05, 4.69) is 17.4 Å². The SMILES string of the molecule is Cl.OC[C@H]1CC[C@H](Nc2cc(-c3cccc(Cl)c3)nc3c2CCC3)CC1. The van der Waals surface area contributed by atoms with Crippen molar-refractivity contribution in [2.75, 3.05) is 11.9 Å². The minimum Gasteiger partial charge on any atom is -0.396 e. The van der Waals surface area contributed by atoms with Crippen LogP contribution >= 0.6 is 24.0 Å². The van der Waals surface area contributed by atoms with Crippen molar-refractivity contribution in [1.82, 2.24) is 4.98 Å². The van der Waals surface area contributed by atoms with Gasteiger partial charge in [0.15, 0.2) is 0 Å². The molecule has 0 bridgehead atoms. The Balaban J connectivity index is 0.00000196. The number of nitrogens with zero attached hydrogens (tertiary/aromatic N) is 1. The molecule has 1 fully saturated rings. The Kier molecular flexibility index (Phi) is 6.44. The summed E-state index contributed by atoms with van der Waals surface area (Å²) in [7, 11) is 0. The first-order chi connectivity index (χ1) is 12.2. The van der Waals surface area contributed by atoms with Crippen molar-refractivity contribution in [2.24, 2.45) is 5.92 Å². The van der Waals surface area contributed by atoms with E-state index in [0.717, 1.165) is 54.8 Å². The lowest BCUT2D eigenvalue weighted by Gasteiger charge is -2.29. The van der Waals surface area contributed by atoms with Crippen LogP contribution in [-0.4, -0.2) is 22.7 Å². The average Bonchev–Trinajstić information content (AvgIpc) is 3.11. The third kappa shape index (κ3) is 4.16. The Hall–Kier alpha value is -1.29. The Morgan fingerprint density at radius 1 is 1.12 bits per heavy atom. The molecule has 2 aliphatic rings. The lowest BCUT2D eigenvalue weighted by molar-refractivity contribution is 0.186. The number of hydrogen-bond acceptors (Lipinski definition) is 3. The molecular weight excluding hydrogens is 367 g/mol. The molecule has 1 aromatic carbocycles. The maximum atomic E-state index is 9.34. The Labute approximate surface area is 166 Å². The van der Waals surface area contributed by atoms with Crippen molar-refractivity contribution >= 4 is 29.7 Å². The van der Waals surface area contributed by atoms with Crippen molar-refractivity contribution in [3.05, 3.63) is 46.6 Å². The van der Waals surface area contributed by atoms with Crippen molar-refractivity contribution in [3.63, 3.8) is 0 Å². The van der Waals surface area contributed by atoms with Crippen LogP contribution in [0.5, 0.6) is 0 Å². The Morgan fingerprint density at radius 3 is 2.65 bits per heavy atom. The van der Waals surface area contributed by atoms with Gasteiger partial charge in [0.1, 0.15) is 0 Å². The molecule has 1 aromatic heterocycles. The quantitative estimate of drug-likeness (QED) is 0.743. The van der Waals surface area contributed by atoms with Gasteiger partial charge in [-0.15, -0.1) is 12.4 Å². The Morgan fingerprint density at radius 2 is 1.92 bits per heavy atom. The van der Waals surface area contributed by atoms with E-state index in [4.69, 9.17) is 16.6 Å². The summed E-state index contributed by atoms with van der Waals surface area (Å²) in [6.07, 6.45) is 7.87. The molecule has 1 heterocycles. The zero-order chi connectivity index (χ0) is 17.2. The van der Waals surface area contributed by atoms with Crippen LogP contribution in [0.2, 0.25) is 5.02 Å². The number of pyridine rings is 1. The largest absolute Gasteiger partial charge is 0.396 e. The number of aliphatic hydroxyl groups excluding tert-OH is 1. The number of benzene rings is 1. The molecule has 4 rings (SSSR count). The fourth-order valence-electron chi connectivity index (χ4n) is 4.18. The normalized spacial score (nSPS) is 21.8. The third-order valence-corrected chi connectivity index (χ3v) is 5.87. The van der Waals surface area contributed by atoms with Gasteiger partial charge in [-0.2, -0.15) is 0 Å². The van der Waals surface area contributed by atoms with Crippen LogP contribution in [0, 0.1) is 5.92 Å². The van der Waals surface area contributed by atoms with E-state index in [1.807, 2.05) is 18.2 Å². The molecule has 2 aromatic rings. The third-order valence-electron chi connectivity index (χ3n) is 5.64. The molecule has 2 aliphatic carbocycles. The van der Waals surface area contributed by atoms with Crippen molar-refractivity contribution in [3.8, 4) is 11.3 Å². The van der Waals surface area contributed by atoms with Gasteiger partial charge in [-0.25, -0.2) is 0 Å². The number of aromatic nitrogens is 1. The van der Waals surface area contributed by atoms with E-state index in [-0.39, 0.29) is 12.4 Å². The van der Waals surface area contributed by atoms with Crippen molar-refractivity contribution < 1.29 is 5.11 Å². The van der Waals surface area contributed by atoms with Crippen LogP contribution in [0.15, 0.2) is 30.3 Å². The minimum absolute atomic E-state index is 0. The summed E-state index contributed by atoms with van der Waals surface area (Å²) in [5.74, 6) is 0.489. The van der Waals surface area contributed by atoms with E-state index in [1.54, 1.807) is 0 Å². The van der Waals surface area contributed by atoms with E-state index < -0.39 is 0 Å². The summed E-state index contributed by atoms with van der Waals surface area (Å²) >= 11 is 6.17. The number of hydrogen-bond donors (Lipinski definition) is 2. The molecule has 0 saturated heterocycles. The minimum atomic E-state index is 0. The smallest absolute Gasteiger partial charge is 0.0726 e. The molecule has 0 unspecified atom stereocenters. The molecule has 26 heavy (non-hydrogen) atoms. The van der Waals surface area contributed by atoms with Crippen LogP contribution in [0.1, 0.15) is 43.4 Å². The van der Waals surface area contributed by atoms with Gasteiger partial charge in [-0.3, -0.25) is 4.98 Å². The average molecular weight is 393 g/mol. The maximum absolute atomic E-state index is 9.34. The summed E-state index contributed by atoms with van der Waals surface area (Å²) in [6, 6.07) is 10.6. The van der Waals surface area contributed by atoms with Gasteiger partial charge in [0.25, 0.3) is 0 Å². The summed E-state index contributed by atoms with van der Waals surface area (Å²) < 4.78 is 0. The molecule has 0 radical (unpaired) electrons. The van der Waals surface area contributed by atoms with Gasteiger partial charge in [0.2, 0.25) is 0 Å². The molecule has 140 valence electrons. The first-order valence-electron chi connectivity index (χ1n) is 9.39. The second kappa shape index (κ2) is 8.60. The highest BCUT2D eigenvalue weighted by Crippen LogP contribution is 2.34. The summed E-state index contributed by atoms with van der Waals surface area (Å²) in [6.45, 7) is 0.330. The number of anilines is 1. The molecule has 0 atom stereocenters. The zero-order valence-corrected chi connectivity index (χ0v) is 16.5. The Bertz CT molecular complexity index is 758. The highest BCUT2D eigenvalue weighted by atomic mass is 35.5. The second-order valence-electron chi connectivity index (χ2n) is 7.39. The number of halogens is 2. The molecule has 2 N–H and O–H groups in total. The lowest BCUT2D eigenvalue weighted by Crippen LogP contribution is -2.27. The molecule has 1 saturated carbocycles. The summed E-state index contributed by atoms with van der Waals surface area (Å²) in [5, 5.41) is 13.9. The standard InChI is InChI=1S/C21H25ClN2O.ClH/c22-16-4-1-3-15(11-16)20-12-21(18-5-2-6-19(18)24-20)23-17-9-7-14(13-25)8-10-17;/h1,3-4,11-12,14,17,25H,2,5-10,13H2,(H,23,24);1H/t14-,17-;. The van der Waals surface area contributed by atoms with Gasteiger partial charge < -0.3 is 10.4 Å². The van der Waals surface area contributed by atoms with Crippen LogP contribution in [0.25, 0.3) is 11.3 Å². The number of rotatable bonds is 4. The first-order valence-corrected chi connectivity index (χ1v) is 9.77. The van der Waals surface area contributed by atoms with Crippen molar-refractivity contribution in [2.45, 2.75) is 51.0 Å². The fourth-order valence-corrected chi connectivity index (χ4v) is 4.37. The van der Waals surface area contributed by atoms with Crippen LogP contribution < -0.4 is 5.32 Å². The monoisotopic (exact) mass is 392 g/mol. The predicted octanol–water partition coefficient (Wildman–Crippen LogP) is 5.28. The summed E-state index contributed by atoms with van der Waals surface area (Å²) in [4.78, 5) is 4.91. The molecule has 3 nitrogen and oxygen atoms in total. The van der Waals surface area contributed by atoms with Gasteiger partial charge >= 0.3 is 0 Å².